The standard InChI is InChI=1S/C14H18N2O/c1-3-13-10-17-11(2)9-16(13)14-6-4-12(8-15)5-7-14/h4-7,11,13H,3,9-10H2,1-2H3. The summed E-state index contributed by atoms with van der Waals surface area (Å²) in [5.41, 5.74) is 1.90. The number of morpholine rings is 1. The molecule has 0 amide bonds. The van der Waals surface area contributed by atoms with Crippen molar-refractivity contribution in [3.63, 3.8) is 0 Å². The molecule has 1 aliphatic rings. The molecule has 0 radical (unpaired) electrons. The summed E-state index contributed by atoms with van der Waals surface area (Å²) in [4.78, 5) is 2.38. The molecule has 2 rings (SSSR count). The summed E-state index contributed by atoms with van der Waals surface area (Å²) in [6.07, 6.45) is 1.35. The summed E-state index contributed by atoms with van der Waals surface area (Å²) in [6, 6.07) is 10.4. The summed E-state index contributed by atoms with van der Waals surface area (Å²) < 4.78 is 5.68. The van der Waals surface area contributed by atoms with Gasteiger partial charge in [-0.1, -0.05) is 6.92 Å². The van der Waals surface area contributed by atoms with Crippen molar-refractivity contribution in [1.29, 1.82) is 5.26 Å². The van der Waals surface area contributed by atoms with Crippen LogP contribution in [0.4, 0.5) is 5.69 Å². The third kappa shape index (κ3) is 2.59. The molecule has 1 aromatic carbocycles. The van der Waals surface area contributed by atoms with Crippen molar-refractivity contribution < 1.29 is 4.74 Å². The molecule has 90 valence electrons. The van der Waals surface area contributed by atoms with E-state index < -0.39 is 0 Å². The van der Waals surface area contributed by atoms with Crippen LogP contribution in [-0.4, -0.2) is 25.3 Å². The monoisotopic (exact) mass is 230 g/mol. The Bertz CT molecular complexity index is 407. The van der Waals surface area contributed by atoms with Crippen LogP contribution in [0.5, 0.6) is 0 Å². The third-order valence-corrected chi connectivity index (χ3v) is 3.27. The second-order valence-electron chi connectivity index (χ2n) is 4.52. The highest BCUT2D eigenvalue weighted by atomic mass is 16.5. The molecule has 0 aliphatic carbocycles. The predicted octanol–water partition coefficient (Wildman–Crippen LogP) is 2.56. The van der Waals surface area contributed by atoms with Crippen molar-refractivity contribution in [2.75, 3.05) is 18.1 Å². The summed E-state index contributed by atoms with van der Waals surface area (Å²) in [5, 5.41) is 8.80. The topological polar surface area (TPSA) is 36.3 Å². The zero-order valence-electron chi connectivity index (χ0n) is 10.4. The zero-order chi connectivity index (χ0) is 12.3. The number of benzene rings is 1. The van der Waals surface area contributed by atoms with E-state index in [-0.39, 0.29) is 6.10 Å². The van der Waals surface area contributed by atoms with E-state index in [2.05, 4.69) is 24.8 Å². The van der Waals surface area contributed by atoms with Crippen LogP contribution in [0.15, 0.2) is 24.3 Å². The van der Waals surface area contributed by atoms with Gasteiger partial charge in [0.15, 0.2) is 0 Å². The molecular weight excluding hydrogens is 212 g/mol. The average Bonchev–Trinajstić information content (AvgIpc) is 2.39. The van der Waals surface area contributed by atoms with Gasteiger partial charge in [0.2, 0.25) is 0 Å². The van der Waals surface area contributed by atoms with Gasteiger partial charge in [0, 0.05) is 12.2 Å². The van der Waals surface area contributed by atoms with E-state index in [0.29, 0.717) is 11.6 Å². The molecule has 2 atom stereocenters. The predicted molar refractivity (Wildman–Crippen MR) is 68.0 cm³/mol. The van der Waals surface area contributed by atoms with Gasteiger partial charge in [-0.15, -0.1) is 0 Å². The highest BCUT2D eigenvalue weighted by Gasteiger charge is 2.25. The van der Waals surface area contributed by atoms with E-state index in [0.717, 1.165) is 19.6 Å². The van der Waals surface area contributed by atoms with E-state index in [1.54, 1.807) is 0 Å². The van der Waals surface area contributed by atoms with E-state index in [9.17, 15) is 0 Å². The van der Waals surface area contributed by atoms with Crippen molar-refractivity contribution >= 4 is 5.69 Å². The normalized spacial score (nSPS) is 24.4. The van der Waals surface area contributed by atoms with E-state index in [1.807, 2.05) is 24.3 Å². The fraction of sp³-hybridized carbons (Fsp3) is 0.500. The molecule has 1 heterocycles. The lowest BCUT2D eigenvalue weighted by atomic mass is 10.1. The molecule has 1 saturated heterocycles. The van der Waals surface area contributed by atoms with Crippen molar-refractivity contribution in [3.05, 3.63) is 29.8 Å². The van der Waals surface area contributed by atoms with Crippen LogP contribution in [0.3, 0.4) is 0 Å². The summed E-state index contributed by atoms with van der Waals surface area (Å²) >= 11 is 0. The minimum Gasteiger partial charge on any atom is -0.375 e. The molecule has 0 saturated carbocycles. The molecule has 1 aromatic rings. The van der Waals surface area contributed by atoms with Gasteiger partial charge in [-0.2, -0.15) is 5.26 Å². The minimum absolute atomic E-state index is 0.272. The Balaban J connectivity index is 2.20. The highest BCUT2D eigenvalue weighted by Crippen LogP contribution is 2.23. The van der Waals surface area contributed by atoms with Crippen LogP contribution < -0.4 is 4.90 Å². The number of rotatable bonds is 2. The number of hydrogen-bond acceptors (Lipinski definition) is 3. The lowest BCUT2D eigenvalue weighted by molar-refractivity contribution is 0.0299. The third-order valence-electron chi connectivity index (χ3n) is 3.27. The second-order valence-corrected chi connectivity index (χ2v) is 4.52. The molecule has 1 aliphatic heterocycles. The first-order valence-electron chi connectivity index (χ1n) is 6.13. The number of hydrogen-bond donors (Lipinski definition) is 0. The smallest absolute Gasteiger partial charge is 0.0991 e. The highest BCUT2D eigenvalue weighted by molar-refractivity contribution is 5.51. The molecule has 1 fully saturated rings. The summed E-state index contributed by atoms with van der Waals surface area (Å²) in [5.74, 6) is 0. The van der Waals surface area contributed by atoms with Gasteiger partial charge in [0.05, 0.1) is 30.4 Å². The van der Waals surface area contributed by atoms with Gasteiger partial charge in [-0.05, 0) is 37.6 Å². The lowest BCUT2D eigenvalue weighted by Crippen LogP contribution is -2.48. The Morgan fingerprint density at radius 2 is 2.12 bits per heavy atom. The first kappa shape index (κ1) is 11.9. The molecule has 0 spiro atoms. The largest absolute Gasteiger partial charge is 0.375 e. The van der Waals surface area contributed by atoms with E-state index in [1.165, 1.54) is 5.69 Å². The second kappa shape index (κ2) is 5.20. The minimum atomic E-state index is 0.272. The summed E-state index contributed by atoms with van der Waals surface area (Å²) in [7, 11) is 0. The van der Waals surface area contributed by atoms with Gasteiger partial charge < -0.3 is 9.64 Å². The maximum absolute atomic E-state index is 8.80. The van der Waals surface area contributed by atoms with Crippen LogP contribution in [0.1, 0.15) is 25.8 Å². The summed E-state index contributed by atoms with van der Waals surface area (Å²) in [6.45, 7) is 5.99. The van der Waals surface area contributed by atoms with Crippen LogP contribution in [0.2, 0.25) is 0 Å². The van der Waals surface area contributed by atoms with Crippen LogP contribution in [0, 0.1) is 11.3 Å². The molecule has 17 heavy (non-hydrogen) atoms. The molecule has 2 unspecified atom stereocenters. The maximum Gasteiger partial charge on any atom is 0.0991 e. The SMILES string of the molecule is CCC1COC(C)CN1c1ccc(C#N)cc1. The quantitative estimate of drug-likeness (QED) is 0.783. The fourth-order valence-electron chi connectivity index (χ4n) is 2.23. The van der Waals surface area contributed by atoms with Crippen molar-refractivity contribution in [2.45, 2.75) is 32.4 Å². The first-order valence-corrected chi connectivity index (χ1v) is 6.13. The molecule has 3 heteroatoms. The molecule has 0 aromatic heterocycles. The lowest BCUT2D eigenvalue weighted by Gasteiger charge is -2.40. The van der Waals surface area contributed by atoms with E-state index >= 15 is 0 Å². The first-order chi connectivity index (χ1) is 8.24. The van der Waals surface area contributed by atoms with Crippen molar-refractivity contribution in [2.24, 2.45) is 0 Å². The number of nitriles is 1. The van der Waals surface area contributed by atoms with Crippen molar-refractivity contribution in [3.8, 4) is 6.07 Å². The fourth-order valence-corrected chi connectivity index (χ4v) is 2.23. The molecule has 0 bridgehead atoms. The molecule has 3 nitrogen and oxygen atoms in total. The Morgan fingerprint density at radius 1 is 1.41 bits per heavy atom. The van der Waals surface area contributed by atoms with Crippen molar-refractivity contribution in [1.82, 2.24) is 0 Å². The molecular formula is C14H18N2O. The Labute approximate surface area is 103 Å². The average molecular weight is 230 g/mol. The van der Waals surface area contributed by atoms with Gasteiger partial charge in [0.25, 0.3) is 0 Å². The van der Waals surface area contributed by atoms with Crippen LogP contribution >= 0.6 is 0 Å². The molecule has 0 N–H and O–H groups in total. The Morgan fingerprint density at radius 3 is 2.71 bits per heavy atom. The van der Waals surface area contributed by atoms with E-state index in [4.69, 9.17) is 10.00 Å². The Kier molecular flexibility index (Phi) is 3.65. The van der Waals surface area contributed by atoms with Crippen LogP contribution in [0.25, 0.3) is 0 Å². The van der Waals surface area contributed by atoms with Gasteiger partial charge in [0.1, 0.15) is 0 Å². The Hall–Kier alpha value is -1.53. The number of ether oxygens (including phenoxy) is 1. The zero-order valence-corrected chi connectivity index (χ0v) is 10.4. The van der Waals surface area contributed by atoms with Gasteiger partial charge >= 0.3 is 0 Å². The number of nitrogens with zero attached hydrogens (tertiary/aromatic N) is 2. The number of anilines is 1. The maximum atomic E-state index is 8.80. The van der Waals surface area contributed by atoms with Gasteiger partial charge in [-0.25, -0.2) is 0 Å². The van der Waals surface area contributed by atoms with Crippen LogP contribution in [-0.2, 0) is 4.74 Å². The van der Waals surface area contributed by atoms with Gasteiger partial charge in [-0.3, -0.25) is 0 Å².